The molecule has 0 saturated carbocycles. The van der Waals surface area contributed by atoms with Crippen LogP contribution in [0.25, 0.3) is 11.3 Å². The monoisotopic (exact) mass is 316 g/mol. The first kappa shape index (κ1) is 15.6. The molecule has 1 saturated heterocycles. The molecule has 2 aromatic rings. The molecule has 1 aliphatic heterocycles. The SMILES string of the molecule is COc1ccccc1-c1cc(C(=O)NC(C)C2CCCO2)no1. The highest BCUT2D eigenvalue weighted by Gasteiger charge is 2.25. The molecular weight excluding hydrogens is 296 g/mol. The van der Waals surface area contributed by atoms with Gasteiger partial charge in [0.2, 0.25) is 0 Å². The molecular formula is C17H20N2O4. The van der Waals surface area contributed by atoms with Gasteiger partial charge >= 0.3 is 0 Å². The highest BCUT2D eigenvalue weighted by atomic mass is 16.5. The molecule has 3 rings (SSSR count). The Morgan fingerprint density at radius 3 is 3.00 bits per heavy atom. The van der Waals surface area contributed by atoms with Crippen molar-refractivity contribution in [1.29, 1.82) is 0 Å². The van der Waals surface area contributed by atoms with E-state index < -0.39 is 0 Å². The number of nitrogens with zero attached hydrogens (tertiary/aromatic N) is 1. The second-order valence-electron chi connectivity index (χ2n) is 5.59. The fraction of sp³-hybridized carbons (Fsp3) is 0.412. The van der Waals surface area contributed by atoms with E-state index in [1.165, 1.54) is 0 Å². The second kappa shape index (κ2) is 6.83. The molecule has 1 aromatic carbocycles. The normalized spacial score (nSPS) is 18.6. The molecule has 0 radical (unpaired) electrons. The van der Waals surface area contributed by atoms with Gasteiger partial charge in [-0.25, -0.2) is 0 Å². The summed E-state index contributed by atoms with van der Waals surface area (Å²) in [5.74, 6) is 0.901. The molecule has 6 heteroatoms. The van der Waals surface area contributed by atoms with Crippen molar-refractivity contribution in [3.63, 3.8) is 0 Å². The molecule has 0 bridgehead atoms. The summed E-state index contributed by atoms with van der Waals surface area (Å²) in [6.45, 7) is 2.70. The zero-order chi connectivity index (χ0) is 16.2. The average Bonchev–Trinajstić information content (AvgIpc) is 3.26. The largest absolute Gasteiger partial charge is 0.496 e. The number of benzene rings is 1. The summed E-state index contributed by atoms with van der Waals surface area (Å²) in [7, 11) is 1.59. The van der Waals surface area contributed by atoms with Crippen molar-refractivity contribution in [2.75, 3.05) is 13.7 Å². The molecule has 1 aliphatic rings. The summed E-state index contributed by atoms with van der Waals surface area (Å²) in [5.41, 5.74) is 1.00. The number of ether oxygens (including phenoxy) is 2. The molecule has 0 spiro atoms. The summed E-state index contributed by atoms with van der Waals surface area (Å²) in [6, 6.07) is 8.99. The van der Waals surface area contributed by atoms with Gasteiger partial charge in [0.1, 0.15) is 5.75 Å². The van der Waals surface area contributed by atoms with Crippen molar-refractivity contribution in [1.82, 2.24) is 10.5 Å². The van der Waals surface area contributed by atoms with E-state index in [1.54, 1.807) is 13.2 Å². The molecule has 1 amide bonds. The molecule has 1 aromatic heterocycles. The maximum Gasteiger partial charge on any atom is 0.273 e. The lowest BCUT2D eigenvalue weighted by atomic mass is 10.1. The summed E-state index contributed by atoms with van der Waals surface area (Å²) in [5, 5.41) is 6.78. The van der Waals surface area contributed by atoms with Gasteiger partial charge < -0.3 is 19.3 Å². The van der Waals surface area contributed by atoms with Crippen LogP contribution in [0.4, 0.5) is 0 Å². The number of carbonyl (C=O) groups excluding carboxylic acids is 1. The summed E-state index contributed by atoms with van der Waals surface area (Å²) in [6.07, 6.45) is 2.07. The average molecular weight is 316 g/mol. The van der Waals surface area contributed by atoms with E-state index in [0.29, 0.717) is 11.5 Å². The van der Waals surface area contributed by atoms with Crippen LogP contribution in [0, 0.1) is 0 Å². The standard InChI is InChI=1S/C17H20N2O4/c1-11(14-8-5-9-22-14)18-17(20)13-10-16(23-19-13)12-6-3-4-7-15(12)21-2/h3-4,6-7,10-11,14H,5,8-9H2,1-2H3,(H,18,20). The van der Waals surface area contributed by atoms with Gasteiger partial charge in [-0.3, -0.25) is 4.79 Å². The van der Waals surface area contributed by atoms with Crippen molar-refractivity contribution >= 4 is 5.91 Å². The third-order valence-electron chi connectivity index (χ3n) is 4.00. The minimum Gasteiger partial charge on any atom is -0.496 e. The van der Waals surface area contributed by atoms with E-state index in [-0.39, 0.29) is 23.7 Å². The zero-order valence-electron chi connectivity index (χ0n) is 13.2. The van der Waals surface area contributed by atoms with Crippen molar-refractivity contribution in [2.24, 2.45) is 0 Å². The smallest absolute Gasteiger partial charge is 0.273 e. The molecule has 1 fully saturated rings. The van der Waals surface area contributed by atoms with Crippen LogP contribution in [0.5, 0.6) is 5.75 Å². The van der Waals surface area contributed by atoms with E-state index in [2.05, 4.69) is 10.5 Å². The van der Waals surface area contributed by atoms with Gasteiger partial charge in [-0.1, -0.05) is 17.3 Å². The van der Waals surface area contributed by atoms with Gasteiger partial charge in [0.05, 0.1) is 24.8 Å². The van der Waals surface area contributed by atoms with Crippen LogP contribution < -0.4 is 10.1 Å². The van der Waals surface area contributed by atoms with Gasteiger partial charge in [0.15, 0.2) is 11.5 Å². The van der Waals surface area contributed by atoms with Crippen LogP contribution in [0.15, 0.2) is 34.9 Å². The van der Waals surface area contributed by atoms with E-state index in [4.69, 9.17) is 14.0 Å². The fourth-order valence-electron chi connectivity index (χ4n) is 2.73. The van der Waals surface area contributed by atoms with Crippen molar-refractivity contribution in [2.45, 2.75) is 31.9 Å². The first-order valence-electron chi connectivity index (χ1n) is 7.71. The van der Waals surface area contributed by atoms with Gasteiger partial charge in [-0.2, -0.15) is 0 Å². The molecule has 0 aliphatic carbocycles. The quantitative estimate of drug-likeness (QED) is 0.918. The number of para-hydroxylation sites is 1. The number of hydrogen-bond acceptors (Lipinski definition) is 5. The minimum atomic E-state index is -0.266. The minimum absolute atomic E-state index is 0.0589. The summed E-state index contributed by atoms with van der Waals surface area (Å²) < 4.78 is 16.2. The van der Waals surface area contributed by atoms with Crippen molar-refractivity contribution in [3.05, 3.63) is 36.0 Å². The Kier molecular flexibility index (Phi) is 4.62. The Hall–Kier alpha value is -2.34. The topological polar surface area (TPSA) is 73.6 Å². The number of nitrogens with one attached hydrogen (secondary N) is 1. The van der Waals surface area contributed by atoms with Crippen LogP contribution in [0.2, 0.25) is 0 Å². The molecule has 23 heavy (non-hydrogen) atoms. The van der Waals surface area contributed by atoms with Crippen molar-refractivity contribution in [3.8, 4) is 17.1 Å². The maximum absolute atomic E-state index is 12.3. The number of hydrogen-bond donors (Lipinski definition) is 1. The van der Waals surface area contributed by atoms with E-state index in [0.717, 1.165) is 25.0 Å². The Labute approximate surface area is 134 Å². The lowest BCUT2D eigenvalue weighted by molar-refractivity contribution is 0.0707. The number of carbonyl (C=O) groups is 1. The maximum atomic E-state index is 12.3. The highest BCUT2D eigenvalue weighted by molar-refractivity contribution is 5.93. The third kappa shape index (κ3) is 3.37. The van der Waals surface area contributed by atoms with E-state index >= 15 is 0 Å². The van der Waals surface area contributed by atoms with Gasteiger partial charge in [0, 0.05) is 12.7 Å². The van der Waals surface area contributed by atoms with Gasteiger partial charge in [-0.15, -0.1) is 0 Å². The molecule has 2 unspecified atom stereocenters. The second-order valence-corrected chi connectivity index (χ2v) is 5.59. The summed E-state index contributed by atoms with van der Waals surface area (Å²) >= 11 is 0. The summed E-state index contributed by atoms with van der Waals surface area (Å²) in [4.78, 5) is 12.3. The Morgan fingerprint density at radius 1 is 1.43 bits per heavy atom. The van der Waals surface area contributed by atoms with Crippen LogP contribution in [-0.4, -0.2) is 36.9 Å². The van der Waals surface area contributed by atoms with Crippen LogP contribution in [0.3, 0.4) is 0 Å². The zero-order valence-corrected chi connectivity index (χ0v) is 13.2. The number of amides is 1. The number of methoxy groups -OCH3 is 1. The molecule has 122 valence electrons. The molecule has 2 atom stereocenters. The van der Waals surface area contributed by atoms with Gasteiger partial charge in [0.25, 0.3) is 5.91 Å². The fourth-order valence-corrected chi connectivity index (χ4v) is 2.73. The lowest BCUT2D eigenvalue weighted by Crippen LogP contribution is -2.40. The van der Waals surface area contributed by atoms with Gasteiger partial charge in [-0.05, 0) is 31.9 Å². The van der Waals surface area contributed by atoms with Crippen molar-refractivity contribution < 1.29 is 18.8 Å². The van der Waals surface area contributed by atoms with Crippen LogP contribution in [0.1, 0.15) is 30.3 Å². The first-order valence-corrected chi connectivity index (χ1v) is 7.71. The predicted molar refractivity (Wildman–Crippen MR) is 84.4 cm³/mol. The molecule has 2 heterocycles. The van der Waals surface area contributed by atoms with Crippen LogP contribution in [-0.2, 0) is 4.74 Å². The predicted octanol–water partition coefficient (Wildman–Crippen LogP) is 2.65. The Bertz CT molecular complexity index is 677. The lowest BCUT2D eigenvalue weighted by Gasteiger charge is -2.19. The first-order chi connectivity index (χ1) is 11.2. The third-order valence-corrected chi connectivity index (χ3v) is 4.00. The van der Waals surface area contributed by atoms with E-state index in [1.807, 2.05) is 31.2 Å². The van der Waals surface area contributed by atoms with Crippen LogP contribution >= 0.6 is 0 Å². The number of rotatable bonds is 5. The highest BCUT2D eigenvalue weighted by Crippen LogP contribution is 2.29. The molecule has 1 N–H and O–H groups in total. The molecule has 6 nitrogen and oxygen atoms in total. The van der Waals surface area contributed by atoms with E-state index in [9.17, 15) is 4.79 Å². The Morgan fingerprint density at radius 2 is 2.26 bits per heavy atom. The Balaban J connectivity index is 1.72. The number of aromatic nitrogens is 1.